The van der Waals surface area contributed by atoms with Gasteiger partial charge in [-0.05, 0) is 43.9 Å². The molecule has 1 saturated carbocycles. The molecule has 1 aromatic rings. The van der Waals surface area contributed by atoms with Crippen LogP contribution in [-0.4, -0.2) is 23.5 Å². The smallest absolute Gasteiger partial charge is 0.221 e. The maximum atomic E-state index is 11.3. The quantitative estimate of drug-likeness (QED) is 0.772. The molecule has 0 radical (unpaired) electrons. The van der Waals surface area contributed by atoms with Crippen LogP contribution in [0.1, 0.15) is 39.0 Å². The molecule has 122 valence electrons. The molecule has 23 heavy (non-hydrogen) atoms. The lowest BCUT2D eigenvalue weighted by Crippen LogP contribution is -2.58. The van der Waals surface area contributed by atoms with Gasteiger partial charge in [0.15, 0.2) is 0 Å². The van der Waals surface area contributed by atoms with Gasteiger partial charge in [-0.1, -0.05) is 12.5 Å². The van der Waals surface area contributed by atoms with Crippen molar-refractivity contribution >= 4 is 29.2 Å². The minimum Gasteiger partial charge on any atom is -0.369 e. The Morgan fingerprint density at radius 1 is 1.26 bits per heavy atom. The number of aliphatic imine (C=N–C) groups is 2. The van der Waals surface area contributed by atoms with Gasteiger partial charge in [-0.3, -0.25) is 9.69 Å². The first-order valence-electron chi connectivity index (χ1n) is 7.88. The molecule has 1 fully saturated rings. The summed E-state index contributed by atoms with van der Waals surface area (Å²) >= 11 is 0. The number of nitrogens with zero attached hydrogens (tertiary/aromatic N) is 3. The second-order valence-corrected chi connectivity index (χ2v) is 6.05. The zero-order chi connectivity index (χ0) is 16.4. The molecule has 1 aliphatic carbocycles. The van der Waals surface area contributed by atoms with Gasteiger partial charge >= 0.3 is 0 Å². The Bertz CT molecular complexity index is 675. The standard InChI is InChI=1S/C16H22N6O/c1-11(23)19-12-6-5-7-13(10-12)22-15(18)20-14(17)21-16(22)8-3-2-4-9-16/h5-7,10H,2-4,8-9H2,1H3,(H,19,23)(H4,17,18,20,21). The van der Waals surface area contributed by atoms with E-state index in [2.05, 4.69) is 15.3 Å². The largest absolute Gasteiger partial charge is 0.369 e. The second kappa shape index (κ2) is 5.91. The summed E-state index contributed by atoms with van der Waals surface area (Å²) in [6.45, 7) is 1.48. The number of benzene rings is 1. The van der Waals surface area contributed by atoms with Crippen LogP contribution in [0.25, 0.3) is 0 Å². The monoisotopic (exact) mass is 314 g/mol. The molecule has 1 aromatic carbocycles. The van der Waals surface area contributed by atoms with E-state index >= 15 is 0 Å². The second-order valence-electron chi connectivity index (χ2n) is 6.05. The fourth-order valence-electron chi connectivity index (χ4n) is 3.42. The normalized spacial score (nSPS) is 20.0. The number of nitrogens with two attached hydrogens (primary N) is 2. The first-order chi connectivity index (χ1) is 11.0. The lowest BCUT2D eigenvalue weighted by molar-refractivity contribution is -0.114. The van der Waals surface area contributed by atoms with Crippen LogP contribution in [0, 0.1) is 0 Å². The summed E-state index contributed by atoms with van der Waals surface area (Å²) in [5.74, 6) is 0.468. The van der Waals surface area contributed by atoms with Gasteiger partial charge in [0, 0.05) is 18.3 Å². The fraction of sp³-hybridized carbons (Fsp3) is 0.438. The van der Waals surface area contributed by atoms with Crippen molar-refractivity contribution in [1.29, 1.82) is 0 Å². The molecule has 0 saturated heterocycles. The van der Waals surface area contributed by atoms with Crippen LogP contribution in [-0.2, 0) is 4.79 Å². The highest BCUT2D eigenvalue weighted by Crippen LogP contribution is 2.39. The SMILES string of the molecule is CC(=O)Nc1cccc(N2C(N)=NC(N)=NC23CCCCC3)c1. The van der Waals surface area contributed by atoms with Crippen molar-refractivity contribution < 1.29 is 4.79 Å². The number of rotatable bonds is 2. The average Bonchev–Trinajstić information content (AvgIpc) is 2.46. The van der Waals surface area contributed by atoms with Crippen LogP contribution in [0.4, 0.5) is 11.4 Å². The number of anilines is 2. The Morgan fingerprint density at radius 3 is 2.70 bits per heavy atom. The molecule has 1 heterocycles. The molecular formula is C16H22N6O. The minimum atomic E-state index is -0.469. The van der Waals surface area contributed by atoms with E-state index in [1.807, 2.05) is 29.2 Å². The number of carbonyl (C=O) groups excluding carboxylic acids is 1. The number of hydrogen-bond donors (Lipinski definition) is 3. The molecular weight excluding hydrogens is 292 g/mol. The van der Waals surface area contributed by atoms with E-state index in [0.717, 1.165) is 37.1 Å². The molecule has 0 unspecified atom stereocenters. The van der Waals surface area contributed by atoms with E-state index in [4.69, 9.17) is 11.5 Å². The number of nitrogens with one attached hydrogen (secondary N) is 1. The molecule has 7 nitrogen and oxygen atoms in total. The number of guanidine groups is 2. The number of hydrogen-bond acceptors (Lipinski definition) is 6. The highest BCUT2D eigenvalue weighted by Gasteiger charge is 2.42. The van der Waals surface area contributed by atoms with Gasteiger partial charge in [0.2, 0.25) is 17.8 Å². The van der Waals surface area contributed by atoms with Crippen molar-refractivity contribution in [3.05, 3.63) is 24.3 Å². The summed E-state index contributed by atoms with van der Waals surface area (Å²) in [4.78, 5) is 22.0. The van der Waals surface area contributed by atoms with E-state index < -0.39 is 5.66 Å². The summed E-state index contributed by atoms with van der Waals surface area (Å²) < 4.78 is 0. The summed E-state index contributed by atoms with van der Waals surface area (Å²) in [7, 11) is 0. The Labute approximate surface area is 135 Å². The van der Waals surface area contributed by atoms with Crippen LogP contribution in [0.5, 0.6) is 0 Å². The highest BCUT2D eigenvalue weighted by atomic mass is 16.1. The van der Waals surface area contributed by atoms with Crippen LogP contribution in [0.3, 0.4) is 0 Å². The van der Waals surface area contributed by atoms with E-state index in [0.29, 0.717) is 5.96 Å². The number of amides is 1. The molecule has 1 aliphatic heterocycles. The van der Waals surface area contributed by atoms with Crippen molar-refractivity contribution in [2.75, 3.05) is 10.2 Å². The van der Waals surface area contributed by atoms with Crippen LogP contribution in [0.2, 0.25) is 0 Å². The van der Waals surface area contributed by atoms with Gasteiger partial charge in [0.05, 0.1) is 0 Å². The van der Waals surface area contributed by atoms with Crippen molar-refractivity contribution in [2.24, 2.45) is 21.5 Å². The third-order valence-corrected chi connectivity index (χ3v) is 4.28. The highest BCUT2D eigenvalue weighted by molar-refractivity contribution is 6.06. The molecule has 2 aliphatic rings. The topological polar surface area (TPSA) is 109 Å². The minimum absolute atomic E-state index is 0.114. The molecule has 0 aromatic heterocycles. The van der Waals surface area contributed by atoms with Crippen molar-refractivity contribution in [2.45, 2.75) is 44.7 Å². The predicted molar refractivity (Wildman–Crippen MR) is 92.3 cm³/mol. The summed E-state index contributed by atoms with van der Waals surface area (Å²) in [6.07, 6.45) is 5.11. The first-order valence-corrected chi connectivity index (χ1v) is 7.88. The third kappa shape index (κ3) is 2.99. The van der Waals surface area contributed by atoms with Gasteiger partial charge in [-0.15, -0.1) is 0 Å². The van der Waals surface area contributed by atoms with Crippen LogP contribution >= 0.6 is 0 Å². The number of carbonyl (C=O) groups is 1. The summed E-state index contributed by atoms with van der Waals surface area (Å²) in [6, 6.07) is 7.55. The van der Waals surface area contributed by atoms with E-state index in [9.17, 15) is 4.79 Å². The maximum Gasteiger partial charge on any atom is 0.221 e. The van der Waals surface area contributed by atoms with Crippen LogP contribution < -0.4 is 21.7 Å². The molecule has 3 rings (SSSR count). The van der Waals surface area contributed by atoms with E-state index in [1.165, 1.54) is 13.3 Å². The van der Waals surface area contributed by atoms with Gasteiger partial charge in [-0.25, -0.2) is 4.99 Å². The lowest BCUT2D eigenvalue weighted by Gasteiger charge is -2.45. The summed E-state index contributed by atoms with van der Waals surface area (Å²) in [5, 5.41) is 2.79. The zero-order valence-corrected chi connectivity index (χ0v) is 13.2. The first kappa shape index (κ1) is 15.3. The van der Waals surface area contributed by atoms with E-state index in [1.54, 1.807) is 0 Å². The molecule has 0 bridgehead atoms. The van der Waals surface area contributed by atoms with Gasteiger partial charge in [0.25, 0.3) is 0 Å². The molecule has 1 spiro atoms. The zero-order valence-electron chi connectivity index (χ0n) is 13.2. The van der Waals surface area contributed by atoms with Crippen molar-refractivity contribution in [3.8, 4) is 0 Å². The Hall–Kier alpha value is -2.57. The Morgan fingerprint density at radius 2 is 2.00 bits per heavy atom. The Balaban J connectivity index is 2.01. The average molecular weight is 314 g/mol. The van der Waals surface area contributed by atoms with Gasteiger partial charge in [0.1, 0.15) is 5.66 Å². The van der Waals surface area contributed by atoms with E-state index in [-0.39, 0.29) is 11.9 Å². The van der Waals surface area contributed by atoms with Gasteiger partial charge in [-0.2, -0.15) is 4.99 Å². The lowest BCUT2D eigenvalue weighted by atomic mass is 9.87. The van der Waals surface area contributed by atoms with Crippen LogP contribution in [0.15, 0.2) is 34.3 Å². The fourth-order valence-corrected chi connectivity index (χ4v) is 3.42. The maximum absolute atomic E-state index is 11.3. The molecule has 0 atom stereocenters. The van der Waals surface area contributed by atoms with Gasteiger partial charge < -0.3 is 16.8 Å². The van der Waals surface area contributed by atoms with Crippen molar-refractivity contribution in [1.82, 2.24) is 0 Å². The molecule has 1 amide bonds. The molecule has 7 heteroatoms. The summed E-state index contributed by atoms with van der Waals surface area (Å²) in [5.41, 5.74) is 13.2. The Kier molecular flexibility index (Phi) is 3.94. The molecule has 5 N–H and O–H groups in total. The van der Waals surface area contributed by atoms with Crippen molar-refractivity contribution in [3.63, 3.8) is 0 Å². The third-order valence-electron chi connectivity index (χ3n) is 4.28. The predicted octanol–water partition coefficient (Wildman–Crippen LogP) is 1.75.